The molecule has 1 amide bonds. The summed E-state index contributed by atoms with van der Waals surface area (Å²) in [5.41, 5.74) is 1.33. The Bertz CT molecular complexity index is 1200. The van der Waals surface area contributed by atoms with E-state index >= 15 is 0 Å². The zero-order valence-electron chi connectivity index (χ0n) is 17.8. The number of amides is 1. The zero-order valence-corrected chi connectivity index (χ0v) is 18.6. The highest BCUT2D eigenvalue weighted by molar-refractivity contribution is 7.89. The van der Waals surface area contributed by atoms with Crippen molar-refractivity contribution in [3.8, 4) is 0 Å². The van der Waals surface area contributed by atoms with Crippen molar-refractivity contribution in [2.45, 2.75) is 17.9 Å². The maximum absolute atomic E-state index is 13.0. The molecule has 1 atom stereocenters. The first-order valence-corrected chi connectivity index (χ1v) is 11.9. The normalized spacial score (nSPS) is 16.8. The van der Waals surface area contributed by atoms with Crippen molar-refractivity contribution in [1.29, 1.82) is 0 Å². The summed E-state index contributed by atoms with van der Waals surface area (Å²) >= 11 is 0. The molecule has 1 aliphatic rings. The van der Waals surface area contributed by atoms with Gasteiger partial charge in [-0.05, 0) is 54.6 Å². The molecule has 4 rings (SSSR count). The van der Waals surface area contributed by atoms with E-state index in [2.05, 4.69) is 22.3 Å². The molecule has 7 heteroatoms. The second-order valence-corrected chi connectivity index (χ2v) is 9.97. The largest absolute Gasteiger partial charge is 0.346 e. The van der Waals surface area contributed by atoms with Gasteiger partial charge in [0.1, 0.15) is 0 Å². The highest BCUT2D eigenvalue weighted by Gasteiger charge is 2.28. The molecule has 1 saturated heterocycles. The van der Waals surface area contributed by atoms with Crippen LogP contribution >= 0.6 is 0 Å². The van der Waals surface area contributed by atoms with Gasteiger partial charge in [-0.1, -0.05) is 42.5 Å². The summed E-state index contributed by atoms with van der Waals surface area (Å²) in [5.74, 6) is -0.295. The zero-order chi connectivity index (χ0) is 22.0. The highest BCUT2D eigenvalue weighted by atomic mass is 32.2. The van der Waals surface area contributed by atoms with Crippen LogP contribution < -0.4 is 5.32 Å². The monoisotopic (exact) mass is 437 g/mol. The molecule has 1 fully saturated rings. The lowest BCUT2D eigenvalue weighted by molar-refractivity contribution is 0.0939. The number of likely N-dealkylation sites (N-methyl/N-ethyl adjacent to an activating group) is 1. The fraction of sp³-hybridized carbons (Fsp3) is 0.292. The fourth-order valence-electron chi connectivity index (χ4n) is 3.82. The van der Waals surface area contributed by atoms with Crippen molar-refractivity contribution in [1.82, 2.24) is 14.5 Å². The number of rotatable bonds is 5. The van der Waals surface area contributed by atoms with E-state index in [1.54, 1.807) is 18.2 Å². The number of fused-ring (bicyclic) bond motifs is 1. The average molecular weight is 438 g/mol. The van der Waals surface area contributed by atoms with Crippen molar-refractivity contribution in [3.05, 3.63) is 77.9 Å². The number of nitrogens with zero attached hydrogens (tertiary/aromatic N) is 2. The Labute approximate surface area is 183 Å². The predicted molar refractivity (Wildman–Crippen MR) is 123 cm³/mol. The Morgan fingerprint density at radius 2 is 1.61 bits per heavy atom. The highest BCUT2D eigenvalue weighted by Crippen LogP contribution is 2.22. The number of nitrogens with one attached hydrogen (secondary N) is 1. The molecule has 31 heavy (non-hydrogen) atoms. The van der Waals surface area contributed by atoms with Crippen molar-refractivity contribution < 1.29 is 13.2 Å². The smallest absolute Gasteiger partial charge is 0.251 e. The van der Waals surface area contributed by atoms with Gasteiger partial charge in [0.2, 0.25) is 10.0 Å². The molecule has 0 spiro atoms. The van der Waals surface area contributed by atoms with Crippen molar-refractivity contribution >= 4 is 26.7 Å². The molecule has 0 bridgehead atoms. The number of carbonyl (C=O) groups excluding carboxylic acids is 1. The maximum atomic E-state index is 13.0. The van der Waals surface area contributed by atoms with E-state index in [9.17, 15) is 13.2 Å². The molecular formula is C24H27N3O3S. The molecule has 6 nitrogen and oxygen atoms in total. The van der Waals surface area contributed by atoms with Crippen LogP contribution in [0.25, 0.3) is 10.8 Å². The lowest BCUT2D eigenvalue weighted by atomic mass is 10.0. The molecule has 1 heterocycles. The van der Waals surface area contributed by atoms with Gasteiger partial charge in [0, 0.05) is 31.7 Å². The van der Waals surface area contributed by atoms with Crippen LogP contribution in [0.1, 0.15) is 28.9 Å². The van der Waals surface area contributed by atoms with Crippen LogP contribution in [0.3, 0.4) is 0 Å². The van der Waals surface area contributed by atoms with E-state index in [0.717, 1.165) is 16.3 Å². The van der Waals surface area contributed by atoms with Crippen LogP contribution in [0.2, 0.25) is 0 Å². The molecule has 162 valence electrons. The van der Waals surface area contributed by atoms with Crippen molar-refractivity contribution in [3.63, 3.8) is 0 Å². The third-order valence-electron chi connectivity index (χ3n) is 5.82. The first kappa shape index (κ1) is 21.5. The molecule has 3 aromatic rings. The van der Waals surface area contributed by atoms with Gasteiger partial charge in [-0.3, -0.25) is 4.79 Å². The van der Waals surface area contributed by atoms with Gasteiger partial charge >= 0.3 is 0 Å². The molecule has 0 aromatic heterocycles. The van der Waals surface area contributed by atoms with Crippen LogP contribution in [0.5, 0.6) is 0 Å². The second-order valence-electron chi connectivity index (χ2n) is 8.04. The van der Waals surface area contributed by atoms with Crippen LogP contribution in [0, 0.1) is 0 Å². The lowest BCUT2D eigenvalue weighted by Crippen LogP contribution is -2.47. The quantitative estimate of drug-likeness (QED) is 0.665. The van der Waals surface area contributed by atoms with Gasteiger partial charge in [0.05, 0.1) is 10.9 Å². The molecular weight excluding hydrogens is 410 g/mol. The van der Waals surface area contributed by atoms with Gasteiger partial charge in [0.25, 0.3) is 5.91 Å². The van der Waals surface area contributed by atoms with E-state index in [1.807, 2.05) is 44.3 Å². The topological polar surface area (TPSA) is 69.7 Å². The van der Waals surface area contributed by atoms with E-state index in [4.69, 9.17) is 0 Å². The minimum Gasteiger partial charge on any atom is -0.346 e. The molecule has 0 saturated carbocycles. The summed E-state index contributed by atoms with van der Waals surface area (Å²) in [6.45, 7) is 4.22. The number of sulfonamides is 1. The van der Waals surface area contributed by atoms with Crippen LogP contribution in [-0.2, 0) is 10.0 Å². The standard InChI is InChI=1S/C24H27N3O3S/c1-18(20-11-10-19-6-3-4-7-21(19)16-20)25-24(28)22-8-5-9-23(17-22)31(29,30)27-14-12-26(2)13-15-27/h3-11,16-18H,12-15H2,1-2H3,(H,25,28). The van der Waals surface area contributed by atoms with E-state index in [1.165, 1.54) is 10.4 Å². The van der Waals surface area contributed by atoms with Gasteiger partial charge in [-0.25, -0.2) is 8.42 Å². The summed E-state index contributed by atoms with van der Waals surface area (Å²) in [4.78, 5) is 15.1. The summed E-state index contributed by atoms with van der Waals surface area (Å²) in [7, 11) is -1.64. The van der Waals surface area contributed by atoms with Crippen molar-refractivity contribution in [2.75, 3.05) is 33.2 Å². The number of hydrogen-bond donors (Lipinski definition) is 1. The molecule has 0 radical (unpaired) electrons. The van der Waals surface area contributed by atoms with E-state index in [0.29, 0.717) is 31.7 Å². The number of benzene rings is 3. The Balaban J connectivity index is 1.51. The minimum atomic E-state index is -3.62. The average Bonchev–Trinajstić information content (AvgIpc) is 2.79. The van der Waals surface area contributed by atoms with Gasteiger partial charge in [-0.2, -0.15) is 4.31 Å². The first-order chi connectivity index (χ1) is 14.8. The maximum Gasteiger partial charge on any atom is 0.251 e. The minimum absolute atomic E-state index is 0.156. The van der Waals surface area contributed by atoms with Gasteiger partial charge < -0.3 is 10.2 Å². The van der Waals surface area contributed by atoms with Gasteiger partial charge in [-0.15, -0.1) is 0 Å². The Morgan fingerprint density at radius 1 is 0.903 bits per heavy atom. The van der Waals surface area contributed by atoms with Crippen molar-refractivity contribution in [2.24, 2.45) is 0 Å². The van der Waals surface area contributed by atoms with Crippen LogP contribution in [-0.4, -0.2) is 56.8 Å². The number of carbonyl (C=O) groups is 1. The molecule has 1 aliphatic heterocycles. The number of hydrogen-bond acceptors (Lipinski definition) is 4. The molecule has 1 unspecified atom stereocenters. The molecule has 3 aromatic carbocycles. The van der Waals surface area contributed by atoms with Gasteiger partial charge in [0.15, 0.2) is 0 Å². The Hall–Kier alpha value is -2.74. The predicted octanol–water partition coefficient (Wildman–Crippen LogP) is 3.27. The first-order valence-electron chi connectivity index (χ1n) is 10.4. The Morgan fingerprint density at radius 3 is 2.35 bits per heavy atom. The lowest BCUT2D eigenvalue weighted by Gasteiger charge is -2.31. The number of piperazine rings is 1. The SMILES string of the molecule is CC(NC(=O)c1cccc(S(=O)(=O)N2CCN(C)CC2)c1)c1ccc2ccccc2c1. The molecule has 0 aliphatic carbocycles. The van der Waals surface area contributed by atoms with E-state index < -0.39 is 10.0 Å². The Kier molecular flexibility index (Phi) is 6.09. The second kappa shape index (κ2) is 8.78. The van der Waals surface area contributed by atoms with Crippen LogP contribution in [0.15, 0.2) is 71.6 Å². The third-order valence-corrected chi connectivity index (χ3v) is 7.71. The summed E-state index contributed by atoms with van der Waals surface area (Å²) in [6, 6.07) is 20.3. The summed E-state index contributed by atoms with van der Waals surface area (Å²) in [6.07, 6.45) is 0. The third kappa shape index (κ3) is 4.63. The molecule has 1 N–H and O–H groups in total. The van der Waals surface area contributed by atoms with E-state index in [-0.39, 0.29) is 16.8 Å². The van der Waals surface area contributed by atoms with Crippen LogP contribution in [0.4, 0.5) is 0 Å². The fourth-order valence-corrected chi connectivity index (χ4v) is 5.28. The summed E-state index contributed by atoms with van der Waals surface area (Å²) < 4.78 is 27.5. The summed E-state index contributed by atoms with van der Waals surface area (Å²) in [5, 5.41) is 5.24.